The second-order valence-electron chi connectivity index (χ2n) is 5.43. The second kappa shape index (κ2) is 5.43. The van der Waals surface area contributed by atoms with E-state index in [9.17, 15) is 0 Å². The Balaban J connectivity index is 2.04. The van der Waals surface area contributed by atoms with Crippen LogP contribution in [0.25, 0.3) is 10.8 Å². The van der Waals surface area contributed by atoms with Gasteiger partial charge in [-0.15, -0.1) is 0 Å². The monoisotopic (exact) mass is 271 g/mol. The van der Waals surface area contributed by atoms with E-state index >= 15 is 0 Å². The van der Waals surface area contributed by atoms with E-state index in [1.807, 2.05) is 12.1 Å². The molecule has 1 saturated heterocycles. The summed E-state index contributed by atoms with van der Waals surface area (Å²) in [6.45, 7) is 5.13. The van der Waals surface area contributed by atoms with Crippen molar-refractivity contribution < 1.29 is 9.47 Å². The van der Waals surface area contributed by atoms with Crippen molar-refractivity contribution in [2.24, 2.45) is 0 Å². The van der Waals surface area contributed by atoms with Gasteiger partial charge < -0.3 is 14.8 Å². The lowest BCUT2D eigenvalue weighted by atomic mass is 9.97. The van der Waals surface area contributed by atoms with Crippen molar-refractivity contribution >= 4 is 10.8 Å². The van der Waals surface area contributed by atoms with Gasteiger partial charge in [0.1, 0.15) is 5.75 Å². The Bertz CT molecular complexity index is 611. The molecular formula is C17H21NO2. The van der Waals surface area contributed by atoms with Gasteiger partial charge in [-0.05, 0) is 30.9 Å². The number of hydrogen-bond donors (Lipinski definition) is 1. The Morgan fingerprint density at radius 2 is 1.85 bits per heavy atom. The van der Waals surface area contributed by atoms with Crippen molar-refractivity contribution in [2.75, 3.05) is 13.7 Å². The van der Waals surface area contributed by atoms with Crippen LogP contribution in [0, 0.1) is 0 Å². The lowest BCUT2D eigenvalue weighted by Crippen LogP contribution is -2.46. The Morgan fingerprint density at radius 3 is 2.55 bits per heavy atom. The quantitative estimate of drug-likeness (QED) is 0.909. The molecule has 3 rings (SSSR count). The Hall–Kier alpha value is -1.58. The van der Waals surface area contributed by atoms with E-state index < -0.39 is 0 Å². The third kappa shape index (κ3) is 2.28. The van der Waals surface area contributed by atoms with Gasteiger partial charge in [0.05, 0.1) is 19.3 Å². The molecule has 0 aromatic heterocycles. The number of ether oxygens (including phenoxy) is 2. The van der Waals surface area contributed by atoms with E-state index in [0.29, 0.717) is 6.04 Å². The molecule has 2 aromatic carbocycles. The van der Waals surface area contributed by atoms with Gasteiger partial charge in [-0.3, -0.25) is 0 Å². The fourth-order valence-electron chi connectivity index (χ4n) is 2.82. The summed E-state index contributed by atoms with van der Waals surface area (Å²) in [6, 6.07) is 12.9. The molecule has 2 aromatic rings. The SMILES string of the molecule is COc1ccc(C2CNC(C)C(C)O2)c2ccccc12. The van der Waals surface area contributed by atoms with E-state index in [0.717, 1.165) is 17.7 Å². The van der Waals surface area contributed by atoms with Crippen LogP contribution in [0.15, 0.2) is 36.4 Å². The predicted octanol–water partition coefficient (Wildman–Crippen LogP) is 3.29. The van der Waals surface area contributed by atoms with Gasteiger partial charge in [0, 0.05) is 18.0 Å². The molecule has 1 aliphatic heterocycles. The Morgan fingerprint density at radius 1 is 1.10 bits per heavy atom. The first kappa shape index (κ1) is 13.4. The van der Waals surface area contributed by atoms with Crippen LogP contribution >= 0.6 is 0 Å². The highest BCUT2D eigenvalue weighted by Gasteiger charge is 2.26. The minimum Gasteiger partial charge on any atom is -0.496 e. The molecule has 1 N–H and O–H groups in total. The smallest absolute Gasteiger partial charge is 0.126 e. The summed E-state index contributed by atoms with van der Waals surface area (Å²) in [5, 5.41) is 5.87. The maximum Gasteiger partial charge on any atom is 0.126 e. The summed E-state index contributed by atoms with van der Waals surface area (Å²) in [7, 11) is 1.71. The largest absolute Gasteiger partial charge is 0.496 e. The van der Waals surface area contributed by atoms with Crippen LogP contribution in [-0.2, 0) is 4.74 Å². The van der Waals surface area contributed by atoms with Crippen LogP contribution in [0.5, 0.6) is 5.75 Å². The summed E-state index contributed by atoms with van der Waals surface area (Å²) < 4.78 is 11.6. The van der Waals surface area contributed by atoms with Crippen molar-refractivity contribution in [1.29, 1.82) is 0 Å². The fourth-order valence-corrected chi connectivity index (χ4v) is 2.82. The molecule has 3 heteroatoms. The standard InChI is InChI=1S/C17H21NO2/c1-11-12(2)20-17(10-18-11)15-8-9-16(19-3)14-7-5-4-6-13(14)15/h4-9,11-12,17-18H,10H2,1-3H3. The van der Waals surface area contributed by atoms with Gasteiger partial charge >= 0.3 is 0 Å². The van der Waals surface area contributed by atoms with Gasteiger partial charge in [-0.1, -0.05) is 30.3 Å². The zero-order valence-corrected chi connectivity index (χ0v) is 12.2. The normalized spacial score (nSPS) is 26.6. The molecule has 0 aliphatic carbocycles. The van der Waals surface area contributed by atoms with Crippen molar-refractivity contribution in [3.8, 4) is 5.75 Å². The van der Waals surface area contributed by atoms with Crippen molar-refractivity contribution in [2.45, 2.75) is 32.1 Å². The summed E-state index contributed by atoms with van der Waals surface area (Å²) >= 11 is 0. The average molecular weight is 271 g/mol. The zero-order chi connectivity index (χ0) is 14.1. The maximum atomic E-state index is 6.16. The number of fused-ring (bicyclic) bond motifs is 1. The number of nitrogens with one attached hydrogen (secondary N) is 1. The van der Waals surface area contributed by atoms with Crippen LogP contribution in [0.1, 0.15) is 25.5 Å². The lowest BCUT2D eigenvalue weighted by Gasteiger charge is -2.34. The summed E-state index contributed by atoms with van der Waals surface area (Å²) in [5.74, 6) is 0.912. The topological polar surface area (TPSA) is 30.5 Å². The first-order valence-corrected chi connectivity index (χ1v) is 7.15. The number of morpholine rings is 1. The molecule has 0 amide bonds. The van der Waals surface area contributed by atoms with Crippen LogP contribution in [0.2, 0.25) is 0 Å². The summed E-state index contributed by atoms with van der Waals surface area (Å²) in [6.07, 6.45) is 0.312. The van der Waals surface area contributed by atoms with E-state index in [1.54, 1.807) is 7.11 Å². The van der Waals surface area contributed by atoms with Crippen LogP contribution in [0.3, 0.4) is 0 Å². The second-order valence-corrected chi connectivity index (χ2v) is 5.43. The number of benzene rings is 2. The highest BCUT2D eigenvalue weighted by molar-refractivity contribution is 5.91. The molecule has 3 nitrogen and oxygen atoms in total. The molecule has 1 fully saturated rings. The fraction of sp³-hybridized carbons (Fsp3) is 0.412. The molecule has 20 heavy (non-hydrogen) atoms. The van der Waals surface area contributed by atoms with Crippen molar-refractivity contribution in [3.63, 3.8) is 0 Å². The number of hydrogen-bond acceptors (Lipinski definition) is 3. The van der Waals surface area contributed by atoms with Crippen LogP contribution < -0.4 is 10.1 Å². The molecule has 0 bridgehead atoms. The van der Waals surface area contributed by atoms with Crippen LogP contribution in [-0.4, -0.2) is 25.8 Å². The summed E-state index contributed by atoms with van der Waals surface area (Å²) in [4.78, 5) is 0. The molecule has 1 aliphatic rings. The number of methoxy groups -OCH3 is 1. The minimum absolute atomic E-state index is 0.0945. The molecular weight excluding hydrogens is 250 g/mol. The molecule has 3 atom stereocenters. The molecule has 1 heterocycles. The van der Waals surface area contributed by atoms with Crippen LogP contribution in [0.4, 0.5) is 0 Å². The van der Waals surface area contributed by atoms with Gasteiger partial charge in [0.25, 0.3) is 0 Å². The first-order valence-electron chi connectivity index (χ1n) is 7.15. The zero-order valence-electron chi connectivity index (χ0n) is 12.2. The molecule has 0 saturated carbocycles. The van der Waals surface area contributed by atoms with Gasteiger partial charge in [0.15, 0.2) is 0 Å². The van der Waals surface area contributed by atoms with E-state index in [4.69, 9.17) is 9.47 Å². The van der Waals surface area contributed by atoms with Gasteiger partial charge in [-0.2, -0.15) is 0 Å². The Labute approximate surface area is 119 Å². The van der Waals surface area contributed by atoms with Gasteiger partial charge in [-0.25, -0.2) is 0 Å². The molecule has 3 unspecified atom stereocenters. The minimum atomic E-state index is 0.0945. The van der Waals surface area contributed by atoms with E-state index in [2.05, 4.69) is 43.4 Å². The lowest BCUT2D eigenvalue weighted by molar-refractivity contribution is -0.0502. The van der Waals surface area contributed by atoms with Gasteiger partial charge in [0.2, 0.25) is 0 Å². The van der Waals surface area contributed by atoms with E-state index in [1.165, 1.54) is 10.9 Å². The highest BCUT2D eigenvalue weighted by Crippen LogP contribution is 2.34. The van der Waals surface area contributed by atoms with Crippen molar-refractivity contribution in [3.05, 3.63) is 42.0 Å². The third-order valence-electron chi connectivity index (χ3n) is 4.19. The maximum absolute atomic E-state index is 6.16. The third-order valence-corrected chi connectivity index (χ3v) is 4.19. The first-order chi connectivity index (χ1) is 9.70. The number of rotatable bonds is 2. The molecule has 106 valence electrons. The predicted molar refractivity (Wildman–Crippen MR) is 81.3 cm³/mol. The van der Waals surface area contributed by atoms with E-state index in [-0.39, 0.29) is 12.2 Å². The molecule has 0 spiro atoms. The summed E-state index contributed by atoms with van der Waals surface area (Å²) in [5.41, 5.74) is 1.23. The Kier molecular flexibility index (Phi) is 3.64. The highest BCUT2D eigenvalue weighted by atomic mass is 16.5. The molecule has 0 radical (unpaired) electrons. The van der Waals surface area contributed by atoms with Crippen molar-refractivity contribution in [1.82, 2.24) is 5.32 Å². The average Bonchev–Trinajstić information content (AvgIpc) is 2.49.